The third-order valence-corrected chi connectivity index (χ3v) is 1.07. The summed E-state index contributed by atoms with van der Waals surface area (Å²) in [5.74, 6) is 0. The number of hydrogen-bond acceptors (Lipinski definition) is 2. The Bertz CT molecular complexity index is 134. The molecule has 0 amide bonds. The fourth-order valence-electron chi connectivity index (χ4n) is 0.753. The van der Waals surface area contributed by atoms with E-state index in [0.717, 1.165) is 6.54 Å². The Hall–Kier alpha value is -0.630. The number of aliphatic imine (C=N–C) groups is 1. The second-order valence-electron chi connectivity index (χ2n) is 2.66. The van der Waals surface area contributed by atoms with E-state index in [0.29, 0.717) is 0 Å². The molecule has 0 aliphatic heterocycles. The third-order valence-electron chi connectivity index (χ3n) is 1.07. The molecular formula is C8H16N2. The topological polar surface area (TPSA) is 15.6 Å². The van der Waals surface area contributed by atoms with Crippen LogP contribution in [-0.2, 0) is 0 Å². The van der Waals surface area contributed by atoms with Gasteiger partial charge in [0, 0.05) is 19.8 Å². The highest BCUT2D eigenvalue weighted by Crippen LogP contribution is 1.91. The first-order chi connectivity index (χ1) is 4.66. The van der Waals surface area contributed by atoms with E-state index in [2.05, 4.69) is 30.9 Å². The molecule has 0 saturated heterocycles. The third kappa shape index (κ3) is 5.51. The number of nitrogens with zero attached hydrogens (tertiary/aromatic N) is 2. The predicted molar refractivity (Wildman–Crippen MR) is 46.7 cm³/mol. The molecular weight excluding hydrogens is 124 g/mol. The second-order valence-corrected chi connectivity index (χ2v) is 2.66. The molecule has 2 nitrogen and oxygen atoms in total. The fourth-order valence-corrected chi connectivity index (χ4v) is 0.753. The molecule has 0 aromatic carbocycles. The highest BCUT2D eigenvalue weighted by atomic mass is 15.0. The number of rotatable bonds is 3. The Labute approximate surface area is 63.3 Å². The van der Waals surface area contributed by atoms with Crippen LogP contribution in [0.2, 0.25) is 0 Å². The Morgan fingerprint density at radius 2 is 2.10 bits per heavy atom. The minimum absolute atomic E-state index is 1.01. The summed E-state index contributed by atoms with van der Waals surface area (Å²) in [6.45, 7) is 3.10. The smallest absolute Gasteiger partial charge is 0.0277 e. The quantitative estimate of drug-likeness (QED) is 0.538. The molecule has 0 aliphatic rings. The molecule has 0 heterocycles. The van der Waals surface area contributed by atoms with E-state index < -0.39 is 0 Å². The van der Waals surface area contributed by atoms with Crippen LogP contribution in [0.4, 0.5) is 0 Å². The first-order valence-electron chi connectivity index (χ1n) is 3.39. The minimum Gasteiger partial charge on any atom is -0.305 e. The zero-order chi connectivity index (χ0) is 7.98. The summed E-state index contributed by atoms with van der Waals surface area (Å²) in [5, 5.41) is 0. The second kappa shape index (κ2) is 5.18. The van der Waals surface area contributed by atoms with E-state index in [1.54, 1.807) is 7.05 Å². The van der Waals surface area contributed by atoms with E-state index >= 15 is 0 Å². The maximum absolute atomic E-state index is 3.86. The molecule has 10 heavy (non-hydrogen) atoms. The van der Waals surface area contributed by atoms with Crippen molar-refractivity contribution in [2.45, 2.75) is 6.92 Å². The summed E-state index contributed by atoms with van der Waals surface area (Å²) in [6, 6.07) is 0. The van der Waals surface area contributed by atoms with Crippen molar-refractivity contribution < 1.29 is 0 Å². The van der Waals surface area contributed by atoms with Gasteiger partial charge in [-0.15, -0.1) is 0 Å². The molecule has 0 aliphatic carbocycles. The molecule has 0 saturated carbocycles. The molecule has 0 aromatic rings. The van der Waals surface area contributed by atoms with Crippen LogP contribution in [0, 0.1) is 0 Å². The molecule has 0 N–H and O–H groups in total. The van der Waals surface area contributed by atoms with Crippen molar-refractivity contribution in [3.8, 4) is 0 Å². The van der Waals surface area contributed by atoms with Gasteiger partial charge in [-0.05, 0) is 27.1 Å². The van der Waals surface area contributed by atoms with Crippen LogP contribution in [0.1, 0.15) is 6.92 Å². The normalized spacial score (nSPS) is 13.5. The van der Waals surface area contributed by atoms with Crippen molar-refractivity contribution in [3.63, 3.8) is 0 Å². The van der Waals surface area contributed by atoms with Gasteiger partial charge in [-0.2, -0.15) is 0 Å². The Morgan fingerprint density at radius 1 is 1.50 bits per heavy atom. The van der Waals surface area contributed by atoms with Crippen LogP contribution in [-0.4, -0.2) is 38.8 Å². The minimum atomic E-state index is 1.01. The molecule has 0 radical (unpaired) electrons. The summed E-state index contributed by atoms with van der Waals surface area (Å²) in [6.07, 6.45) is 3.85. The molecule has 0 atom stereocenters. The van der Waals surface area contributed by atoms with Gasteiger partial charge in [-0.25, -0.2) is 0 Å². The largest absolute Gasteiger partial charge is 0.305 e. The predicted octanol–water partition coefficient (Wildman–Crippen LogP) is 1.19. The lowest BCUT2D eigenvalue weighted by atomic mass is 10.3. The molecule has 0 spiro atoms. The van der Waals surface area contributed by atoms with Gasteiger partial charge in [0.05, 0.1) is 0 Å². The molecule has 0 rings (SSSR count). The average molecular weight is 140 g/mol. The van der Waals surface area contributed by atoms with Gasteiger partial charge < -0.3 is 4.90 Å². The number of likely N-dealkylation sites (N-methyl/N-ethyl adjacent to an activating group) is 1. The highest BCUT2D eigenvalue weighted by molar-refractivity contribution is 5.71. The lowest BCUT2D eigenvalue weighted by Gasteiger charge is -2.07. The first-order valence-corrected chi connectivity index (χ1v) is 3.39. The van der Waals surface area contributed by atoms with Crippen LogP contribution in [0.5, 0.6) is 0 Å². The van der Waals surface area contributed by atoms with Crippen LogP contribution >= 0.6 is 0 Å². The zero-order valence-electron chi connectivity index (χ0n) is 7.26. The molecule has 0 aromatic heterocycles. The van der Waals surface area contributed by atoms with Gasteiger partial charge in [-0.1, -0.05) is 5.57 Å². The van der Waals surface area contributed by atoms with Gasteiger partial charge in [0.2, 0.25) is 0 Å². The van der Waals surface area contributed by atoms with Crippen LogP contribution in [0.3, 0.4) is 0 Å². The summed E-state index contributed by atoms with van der Waals surface area (Å²) < 4.78 is 0. The lowest BCUT2D eigenvalue weighted by molar-refractivity contribution is 0.445. The van der Waals surface area contributed by atoms with E-state index in [1.807, 2.05) is 12.3 Å². The van der Waals surface area contributed by atoms with Gasteiger partial charge in [0.1, 0.15) is 0 Å². The van der Waals surface area contributed by atoms with E-state index in [4.69, 9.17) is 0 Å². The molecule has 58 valence electrons. The van der Waals surface area contributed by atoms with Gasteiger partial charge in [-0.3, -0.25) is 4.99 Å². The van der Waals surface area contributed by atoms with Crippen molar-refractivity contribution in [1.82, 2.24) is 4.90 Å². The lowest BCUT2D eigenvalue weighted by Crippen LogP contribution is -2.13. The highest BCUT2D eigenvalue weighted by Gasteiger charge is 1.88. The van der Waals surface area contributed by atoms with Gasteiger partial charge >= 0.3 is 0 Å². The maximum atomic E-state index is 3.86. The molecule has 2 heteroatoms. The Kier molecular flexibility index (Phi) is 4.85. The van der Waals surface area contributed by atoms with Crippen LogP contribution in [0.15, 0.2) is 16.6 Å². The standard InChI is InChI=1S/C8H16N2/c1-8(5-6-9-2)7-10(3)4/h5-6H,7H2,1-4H3/b8-5+,9-6-. The molecule has 0 fully saturated rings. The fraction of sp³-hybridized carbons (Fsp3) is 0.625. The first kappa shape index (κ1) is 9.37. The Morgan fingerprint density at radius 3 is 2.50 bits per heavy atom. The van der Waals surface area contributed by atoms with E-state index in [-0.39, 0.29) is 0 Å². The van der Waals surface area contributed by atoms with E-state index in [9.17, 15) is 0 Å². The molecule has 0 unspecified atom stereocenters. The molecule has 0 bridgehead atoms. The number of allylic oxidation sites excluding steroid dienone is 1. The summed E-state index contributed by atoms with van der Waals surface area (Å²) >= 11 is 0. The van der Waals surface area contributed by atoms with Crippen molar-refractivity contribution in [2.24, 2.45) is 4.99 Å². The summed E-state index contributed by atoms with van der Waals surface area (Å²) in [7, 11) is 5.89. The monoisotopic (exact) mass is 140 g/mol. The summed E-state index contributed by atoms with van der Waals surface area (Å²) in [4.78, 5) is 6.00. The van der Waals surface area contributed by atoms with Crippen LogP contribution in [0.25, 0.3) is 0 Å². The van der Waals surface area contributed by atoms with Crippen molar-refractivity contribution in [2.75, 3.05) is 27.7 Å². The van der Waals surface area contributed by atoms with Gasteiger partial charge in [0.15, 0.2) is 0 Å². The Balaban J connectivity index is 3.71. The van der Waals surface area contributed by atoms with Crippen molar-refractivity contribution >= 4 is 6.21 Å². The summed E-state index contributed by atoms with van der Waals surface area (Å²) in [5.41, 5.74) is 1.33. The SMILES string of the molecule is C/N=C\C=C(/C)CN(C)C. The van der Waals surface area contributed by atoms with E-state index in [1.165, 1.54) is 5.57 Å². The van der Waals surface area contributed by atoms with Crippen molar-refractivity contribution in [3.05, 3.63) is 11.6 Å². The maximum Gasteiger partial charge on any atom is 0.0277 e. The average Bonchev–Trinajstić information content (AvgIpc) is 1.82. The zero-order valence-corrected chi connectivity index (χ0v) is 7.26. The van der Waals surface area contributed by atoms with Gasteiger partial charge in [0.25, 0.3) is 0 Å². The van der Waals surface area contributed by atoms with Crippen LogP contribution < -0.4 is 0 Å². The number of hydrogen-bond donors (Lipinski definition) is 0. The van der Waals surface area contributed by atoms with Crippen molar-refractivity contribution in [1.29, 1.82) is 0 Å².